The van der Waals surface area contributed by atoms with Crippen LogP contribution in [0.25, 0.3) is 0 Å². The minimum atomic E-state index is -0.835. The number of benzene rings is 1. The fourth-order valence-corrected chi connectivity index (χ4v) is 2.90. The topological polar surface area (TPSA) is 62.5 Å². The van der Waals surface area contributed by atoms with Crippen LogP contribution in [-0.2, 0) is 0 Å². The van der Waals surface area contributed by atoms with Crippen LogP contribution in [0.15, 0.2) is 30.5 Å². The fraction of sp³-hybridized carbons (Fsp3) is 0.294. The Bertz CT molecular complexity index is 753. The van der Waals surface area contributed by atoms with E-state index in [1.54, 1.807) is 6.20 Å². The molecule has 5 nitrogen and oxygen atoms in total. The van der Waals surface area contributed by atoms with E-state index in [0.717, 1.165) is 23.5 Å². The van der Waals surface area contributed by atoms with Crippen molar-refractivity contribution in [3.8, 4) is 0 Å². The van der Waals surface area contributed by atoms with Crippen LogP contribution in [-0.4, -0.2) is 42.0 Å². The molecular weight excluding hydrogens is 314 g/mol. The number of aromatic nitrogens is 1. The number of carbonyl (C=O) groups is 1. The lowest BCUT2D eigenvalue weighted by atomic mass is 10.1. The van der Waals surface area contributed by atoms with Crippen LogP contribution in [0, 0.1) is 18.6 Å². The summed E-state index contributed by atoms with van der Waals surface area (Å²) in [4.78, 5) is 20.2. The molecule has 3 rings (SSSR count). The number of nitrogens with zero attached hydrogens (tertiary/aromatic N) is 3. The normalized spacial score (nSPS) is 14.8. The Balaban J connectivity index is 1.72. The minimum Gasteiger partial charge on any atom is -0.397 e. The summed E-state index contributed by atoms with van der Waals surface area (Å²) >= 11 is 0. The second kappa shape index (κ2) is 6.43. The molecule has 1 amide bonds. The monoisotopic (exact) mass is 332 g/mol. The van der Waals surface area contributed by atoms with Crippen LogP contribution in [0.2, 0.25) is 0 Å². The van der Waals surface area contributed by atoms with Crippen molar-refractivity contribution in [2.45, 2.75) is 6.92 Å². The van der Waals surface area contributed by atoms with E-state index >= 15 is 0 Å². The van der Waals surface area contributed by atoms with Crippen molar-refractivity contribution in [3.05, 3.63) is 53.2 Å². The SMILES string of the molecule is Cc1cc(N)cnc1N1CCN(C(=O)c2c(F)cccc2F)CC1. The summed E-state index contributed by atoms with van der Waals surface area (Å²) in [6.07, 6.45) is 1.59. The molecule has 1 aromatic carbocycles. The van der Waals surface area contributed by atoms with Crippen molar-refractivity contribution in [1.29, 1.82) is 0 Å². The van der Waals surface area contributed by atoms with E-state index in [1.807, 2.05) is 17.9 Å². The average molecular weight is 332 g/mol. The summed E-state index contributed by atoms with van der Waals surface area (Å²) < 4.78 is 27.5. The third-order valence-electron chi connectivity index (χ3n) is 4.11. The zero-order valence-electron chi connectivity index (χ0n) is 13.3. The van der Waals surface area contributed by atoms with Gasteiger partial charge in [0.1, 0.15) is 23.0 Å². The molecule has 0 atom stereocenters. The van der Waals surface area contributed by atoms with Crippen LogP contribution >= 0.6 is 0 Å². The highest BCUT2D eigenvalue weighted by molar-refractivity contribution is 5.95. The number of nitrogen functional groups attached to an aromatic ring is 1. The molecule has 126 valence electrons. The molecule has 24 heavy (non-hydrogen) atoms. The maximum Gasteiger partial charge on any atom is 0.259 e. The summed E-state index contributed by atoms with van der Waals surface area (Å²) in [5.41, 5.74) is 6.76. The number of nitrogens with two attached hydrogens (primary N) is 1. The molecule has 0 spiro atoms. The molecule has 0 unspecified atom stereocenters. The van der Waals surface area contributed by atoms with Gasteiger partial charge in [-0.1, -0.05) is 6.07 Å². The van der Waals surface area contributed by atoms with Gasteiger partial charge in [0.2, 0.25) is 0 Å². The predicted molar refractivity (Wildman–Crippen MR) is 87.9 cm³/mol. The number of pyridine rings is 1. The zero-order chi connectivity index (χ0) is 17.3. The quantitative estimate of drug-likeness (QED) is 0.916. The van der Waals surface area contributed by atoms with Crippen LogP contribution in [0.3, 0.4) is 0 Å². The van der Waals surface area contributed by atoms with Gasteiger partial charge in [-0.3, -0.25) is 4.79 Å². The summed E-state index contributed by atoms with van der Waals surface area (Å²) in [7, 11) is 0. The van der Waals surface area contributed by atoms with E-state index in [-0.39, 0.29) is 0 Å². The molecule has 0 saturated carbocycles. The van der Waals surface area contributed by atoms with Gasteiger partial charge in [-0.05, 0) is 30.7 Å². The highest BCUT2D eigenvalue weighted by atomic mass is 19.1. The lowest BCUT2D eigenvalue weighted by Crippen LogP contribution is -2.49. The average Bonchev–Trinajstić information content (AvgIpc) is 2.55. The first-order valence-electron chi connectivity index (χ1n) is 7.67. The number of hydrogen-bond acceptors (Lipinski definition) is 4. The molecule has 1 aromatic heterocycles. The fourth-order valence-electron chi connectivity index (χ4n) is 2.90. The molecule has 0 bridgehead atoms. The van der Waals surface area contributed by atoms with Crippen molar-refractivity contribution >= 4 is 17.4 Å². The van der Waals surface area contributed by atoms with Crippen molar-refractivity contribution in [1.82, 2.24) is 9.88 Å². The maximum absolute atomic E-state index is 13.8. The number of anilines is 2. The maximum atomic E-state index is 13.8. The second-order valence-corrected chi connectivity index (χ2v) is 5.79. The van der Waals surface area contributed by atoms with Crippen LogP contribution < -0.4 is 10.6 Å². The second-order valence-electron chi connectivity index (χ2n) is 5.79. The van der Waals surface area contributed by atoms with E-state index in [9.17, 15) is 13.6 Å². The van der Waals surface area contributed by atoms with Crippen LogP contribution in [0.4, 0.5) is 20.3 Å². The standard InChI is InChI=1S/C17H18F2N4O/c1-11-9-12(20)10-21-16(11)22-5-7-23(8-6-22)17(24)15-13(18)3-2-4-14(15)19/h2-4,9-10H,5-8,20H2,1H3. The van der Waals surface area contributed by atoms with E-state index in [2.05, 4.69) is 4.98 Å². The van der Waals surface area contributed by atoms with E-state index < -0.39 is 23.1 Å². The predicted octanol–water partition coefficient (Wildman–Crippen LogP) is 2.21. The van der Waals surface area contributed by atoms with Crippen LogP contribution in [0.1, 0.15) is 15.9 Å². The number of piperazine rings is 1. The number of hydrogen-bond donors (Lipinski definition) is 1. The van der Waals surface area contributed by atoms with E-state index in [0.29, 0.717) is 31.9 Å². The molecule has 2 aromatic rings. The number of amides is 1. The summed E-state index contributed by atoms with van der Waals surface area (Å²) in [6.45, 7) is 3.75. The summed E-state index contributed by atoms with van der Waals surface area (Å²) in [5.74, 6) is -1.47. The van der Waals surface area contributed by atoms with Crippen molar-refractivity contribution in [2.24, 2.45) is 0 Å². The van der Waals surface area contributed by atoms with Gasteiger partial charge in [0.15, 0.2) is 0 Å². The Morgan fingerprint density at radius 3 is 2.38 bits per heavy atom. The number of halogens is 2. The molecule has 2 N–H and O–H groups in total. The summed E-state index contributed by atoms with van der Waals surface area (Å²) in [6, 6.07) is 5.27. The number of aryl methyl sites for hydroxylation is 1. The molecule has 0 radical (unpaired) electrons. The largest absolute Gasteiger partial charge is 0.397 e. The van der Waals surface area contributed by atoms with Gasteiger partial charge in [0, 0.05) is 26.2 Å². The van der Waals surface area contributed by atoms with Gasteiger partial charge in [0.05, 0.1) is 11.9 Å². The number of rotatable bonds is 2. The summed E-state index contributed by atoms with van der Waals surface area (Å²) in [5, 5.41) is 0. The number of carbonyl (C=O) groups excluding carboxylic acids is 1. The van der Waals surface area contributed by atoms with Gasteiger partial charge in [-0.25, -0.2) is 13.8 Å². The van der Waals surface area contributed by atoms with Crippen molar-refractivity contribution in [2.75, 3.05) is 36.8 Å². The third-order valence-corrected chi connectivity index (χ3v) is 4.11. The third kappa shape index (κ3) is 3.02. The van der Waals surface area contributed by atoms with Gasteiger partial charge in [-0.2, -0.15) is 0 Å². The van der Waals surface area contributed by atoms with Crippen LogP contribution in [0.5, 0.6) is 0 Å². The molecule has 1 aliphatic heterocycles. The van der Waals surface area contributed by atoms with Gasteiger partial charge >= 0.3 is 0 Å². The molecular formula is C17H18F2N4O. The molecule has 1 fully saturated rings. The van der Waals surface area contributed by atoms with Crippen molar-refractivity contribution in [3.63, 3.8) is 0 Å². The Kier molecular flexibility index (Phi) is 4.33. The Hall–Kier alpha value is -2.70. The smallest absolute Gasteiger partial charge is 0.259 e. The Morgan fingerprint density at radius 2 is 1.79 bits per heavy atom. The Labute approximate surface area is 138 Å². The minimum absolute atomic E-state index is 0.373. The molecule has 2 heterocycles. The van der Waals surface area contributed by atoms with Gasteiger partial charge in [0.25, 0.3) is 5.91 Å². The van der Waals surface area contributed by atoms with Gasteiger partial charge < -0.3 is 15.5 Å². The first kappa shape index (κ1) is 16.2. The van der Waals surface area contributed by atoms with Gasteiger partial charge in [-0.15, -0.1) is 0 Å². The first-order valence-corrected chi connectivity index (χ1v) is 7.67. The van der Waals surface area contributed by atoms with E-state index in [1.165, 1.54) is 11.0 Å². The molecule has 1 aliphatic rings. The highest BCUT2D eigenvalue weighted by Crippen LogP contribution is 2.22. The Morgan fingerprint density at radius 1 is 1.17 bits per heavy atom. The molecule has 7 heteroatoms. The van der Waals surface area contributed by atoms with Crippen molar-refractivity contribution < 1.29 is 13.6 Å². The molecule has 1 saturated heterocycles. The highest BCUT2D eigenvalue weighted by Gasteiger charge is 2.27. The first-order chi connectivity index (χ1) is 11.5. The van der Waals surface area contributed by atoms with E-state index in [4.69, 9.17) is 5.73 Å². The molecule has 0 aliphatic carbocycles. The lowest BCUT2D eigenvalue weighted by Gasteiger charge is -2.36. The lowest BCUT2D eigenvalue weighted by molar-refractivity contribution is 0.0736. The zero-order valence-corrected chi connectivity index (χ0v) is 13.3.